The van der Waals surface area contributed by atoms with Crippen molar-refractivity contribution in [3.05, 3.63) is 95.1 Å². The Morgan fingerprint density at radius 3 is 2.38 bits per heavy atom. The number of H-pyrrole nitrogens is 1. The van der Waals surface area contributed by atoms with Crippen molar-refractivity contribution in [3.8, 4) is 5.88 Å². The molecule has 5 rings (SSSR count). The van der Waals surface area contributed by atoms with Crippen molar-refractivity contribution in [2.45, 2.75) is 52.6 Å². The number of aliphatic imine (C=N–C) groups is 1. The molecular weight excluding hydrogens is 484 g/mol. The topological polar surface area (TPSA) is 80.7 Å². The molecule has 0 aliphatic carbocycles. The minimum absolute atomic E-state index is 0.0542. The molecule has 6 nitrogen and oxygen atoms in total. The third-order valence-corrected chi connectivity index (χ3v) is 7.53. The Kier molecular flexibility index (Phi) is 8.13. The van der Waals surface area contributed by atoms with Crippen LogP contribution in [0, 0.1) is 5.92 Å². The van der Waals surface area contributed by atoms with Crippen LogP contribution in [0.2, 0.25) is 0 Å². The van der Waals surface area contributed by atoms with Gasteiger partial charge in [0.2, 0.25) is 0 Å². The van der Waals surface area contributed by atoms with Gasteiger partial charge in [0.1, 0.15) is 0 Å². The van der Waals surface area contributed by atoms with Crippen LogP contribution >= 0.6 is 0 Å². The van der Waals surface area contributed by atoms with E-state index in [1.807, 2.05) is 49.4 Å². The minimum Gasteiger partial charge on any atom is -0.494 e. The van der Waals surface area contributed by atoms with E-state index in [4.69, 9.17) is 4.99 Å². The number of likely N-dealkylation sites (tertiary alicyclic amines) is 1. The number of hydrogen-bond acceptors (Lipinski definition) is 4. The lowest BCUT2D eigenvalue weighted by molar-refractivity contribution is 0.0940. The Morgan fingerprint density at radius 2 is 1.69 bits per heavy atom. The molecule has 1 aromatic heterocycles. The lowest BCUT2D eigenvalue weighted by Crippen LogP contribution is -2.28. The Balaban J connectivity index is 1.41. The predicted octanol–water partition coefficient (Wildman–Crippen LogP) is 7.13. The molecule has 1 aliphatic rings. The number of nitrogens with one attached hydrogen (secondary N) is 2. The van der Waals surface area contributed by atoms with Crippen LogP contribution in [0.5, 0.6) is 5.88 Å². The number of hydrogen-bond donors (Lipinski definition) is 3. The SMILES string of the molecule is CC(C)C(=Nc1ccc(CN2CCCCC2)cc1)c1c(O)[nH]c2ccc(C(=O)N[C@H](C)c3ccccc3)cc12. The molecular formula is C33H38N4O2. The second-order valence-corrected chi connectivity index (χ2v) is 10.9. The van der Waals surface area contributed by atoms with E-state index in [1.54, 1.807) is 6.07 Å². The molecule has 0 saturated carbocycles. The van der Waals surface area contributed by atoms with Crippen molar-refractivity contribution < 1.29 is 9.90 Å². The summed E-state index contributed by atoms with van der Waals surface area (Å²) in [5.41, 5.74) is 5.90. The molecule has 1 fully saturated rings. The molecule has 3 aromatic carbocycles. The number of benzene rings is 3. The standard InChI is InChI=1S/C33H38N4O2/c1-22(2)31(35-27-15-12-24(13-16-27)21-37-18-8-5-9-19-37)30-28-20-26(14-17-29(28)36-33(30)39)32(38)34-23(3)25-10-6-4-7-11-25/h4,6-7,10-17,20,22-23,36,39H,5,8-9,18-19,21H2,1-3H3,(H,34,38)/t23-/m1/s1. The Labute approximate surface area is 230 Å². The van der Waals surface area contributed by atoms with Crippen molar-refractivity contribution in [3.63, 3.8) is 0 Å². The fraction of sp³-hybridized carbons (Fsp3) is 0.333. The molecule has 202 valence electrons. The average molecular weight is 523 g/mol. The van der Waals surface area contributed by atoms with Gasteiger partial charge >= 0.3 is 0 Å². The van der Waals surface area contributed by atoms with Gasteiger partial charge in [-0.1, -0.05) is 62.7 Å². The molecule has 2 heterocycles. The minimum atomic E-state index is -0.160. The zero-order valence-electron chi connectivity index (χ0n) is 23.1. The molecule has 4 aromatic rings. The number of amides is 1. The molecule has 39 heavy (non-hydrogen) atoms. The van der Waals surface area contributed by atoms with Crippen LogP contribution in [0.3, 0.4) is 0 Å². The summed E-state index contributed by atoms with van der Waals surface area (Å²) >= 11 is 0. The van der Waals surface area contributed by atoms with Crippen molar-refractivity contribution in [1.82, 2.24) is 15.2 Å². The van der Waals surface area contributed by atoms with E-state index in [-0.39, 0.29) is 23.7 Å². The van der Waals surface area contributed by atoms with E-state index >= 15 is 0 Å². The summed E-state index contributed by atoms with van der Waals surface area (Å²) in [7, 11) is 0. The van der Waals surface area contributed by atoms with Gasteiger partial charge in [-0.05, 0) is 80.2 Å². The van der Waals surface area contributed by atoms with Gasteiger partial charge < -0.3 is 15.4 Å². The first-order valence-electron chi connectivity index (χ1n) is 14.0. The molecule has 0 radical (unpaired) electrons. The average Bonchev–Trinajstić information content (AvgIpc) is 3.28. The lowest BCUT2D eigenvalue weighted by atomic mass is 9.97. The highest BCUT2D eigenvalue weighted by atomic mass is 16.3. The number of carbonyl (C=O) groups is 1. The highest BCUT2D eigenvalue weighted by Gasteiger charge is 2.21. The Morgan fingerprint density at radius 1 is 0.974 bits per heavy atom. The fourth-order valence-electron chi connectivity index (χ4n) is 5.35. The van der Waals surface area contributed by atoms with Crippen LogP contribution in [-0.4, -0.2) is 39.7 Å². The Bertz CT molecular complexity index is 1450. The summed E-state index contributed by atoms with van der Waals surface area (Å²) in [5, 5.41) is 14.8. The predicted molar refractivity (Wildman–Crippen MR) is 159 cm³/mol. The monoisotopic (exact) mass is 522 g/mol. The summed E-state index contributed by atoms with van der Waals surface area (Å²) in [5.74, 6) is -0.0416. The van der Waals surface area contributed by atoms with E-state index in [2.05, 4.69) is 53.3 Å². The van der Waals surface area contributed by atoms with Gasteiger partial charge in [-0.15, -0.1) is 0 Å². The van der Waals surface area contributed by atoms with Gasteiger partial charge in [-0.3, -0.25) is 14.7 Å². The van der Waals surface area contributed by atoms with Gasteiger partial charge in [0.05, 0.1) is 23.0 Å². The van der Waals surface area contributed by atoms with Crippen LogP contribution in [0.4, 0.5) is 5.69 Å². The summed E-state index contributed by atoms with van der Waals surface area (Å²) in [6.45, 7) is 9.42. The molecule has 0 bridgehead atoms. The molecule has 0 spiro atoms. The van der Waals surface area contributed by atoms with E-state index in [9.17, 15) is 9.90 Å². The third kappa shape index (κ3) is 6.23. The summed E-state index contributed by atoms with van der Waals surface area (Å²) < 4.78 is 0. The first-order chi connectivity index (χ1) is 18.9. The summed E-state index contributed by atoms with van der Waals surface area (Å²) in [4.78, 5) is 23.7. The largest absolute Gasteiger partial charge is 0.494 e. The van der Waals surface area contributed by atoms with Crippen LogP contribution in [0.15, 0.2) is 77.8 Å². The van der Waals surface area contributed by atoms with Crippen molar-refractivity contribution in [2.75, 3.05) is 13.1 Å². The maximum atomic E-state index is 13.1. The number of carbonyl (C=O) groups excluding carboxylic acids is 1. The van der Waals surface area contributed by atoms with E-state index in [0.717, 1.165) is 34.4 Å². The van der Waals surface area contributed by atoms with Crippen molar-refractivity contribution in [1.29, 1.82) is 0 Å². The van der Waals surface area contributed by atoms with Crippen molar-refractivity contribution >= 4 is 28.2 Å². The maximum Gasteiger partial charge on any atom is 0.251 e. The van der Waals surface area contributed by atoms with Gasteiger partial charge in [-0.2, -0.15) is 0 Å². The second kappa shape index (κ2) is 11.9. The highest BCUT2D eigenvalue weighted by Crippen LogP contribution is 2.32. The first kappa shape index (κ1) is 26.7. The van der Waals surface area contributed by atoms with E-state index < -0.39 is 0 Å². The maximum absolute atomic E-state index is 13.1. The molecule has 1 saturated heterocycles. The van der Waals surface area contributed by atoms with E-state index in [1.165, 1.54) is 37.9 Å². The highest BCUT2D eigenvalue weighted by molar-refractivity contribution is 6.15. The third-order valence-electron chi connectivity index (χ3n) is 7.53. The molecule has 1 aliphatic heterocycles. The Hall–Kier alpha value is -3.90. The molecule has 1 atom stereocenters. The number of nitrogens with zero attached hydrogens (tertiary/aromatic N) is 2. The number of fused-ring (bicyclic) bond motifs is 1. The summed E-state index contributed by atoms with van der Waals surface area (Å²) in [6, 6.07) is 23.6. The molecule has 1 amide bonds. The van der Waals surface area contributed by atoms with Crippen molar-refractivity contribution in [2.24, 2.45) is 10.9 Å². The first-order valence-corrected chi connectivity index (χ1v) is 14.0. The molecule has 3 N–H and O–H groups in total. The normalized spacial score (nSPS) is 15.5. The van der Waals surface area contributed by atoms with Crippen LogP contribution in [0.25, 0.3) is 10.9 Å². The number of rotatable bonds is 8. The fourth-order valence-corrected chi connectivity index (χ4v) is 5.35. The molecule has 6 heteroatoms. The second-order valence-electron chi connectivity index (χ2n) is 10.9. The van der Waals surface area contributed by atoms with Crippen LogP contribution < -0.4 is 5.32 Å². The zero-order chi connectivity index (χ0) is 27.4. The van der Waals surface area contributed by atoms with Crippen LogP contribution in [0.1, 0.15) is 73.1 Å². The van der Waals surface area contributed by atoms with Gasteiger partial charge in [0.15, 0.2) is 5.88 Å². The summed E-state index contributed by atoms with van der Waals surface area (Å²) in [6.07, 6.45) is 3.90. The smallest absolute Gasteiger partial charge is 0.251 e. The van der Waals surface area contributed by atoms with Crippen LogP contribution in [-0.2, 0) is 6.54 Å². The van der Waals surface area contributed by atoms with E-state index in [0.29, 0.717) is 11.1 Å². The quantitative estimate of drug-likeness (QED) is 0.215. The van der Waals surface area contributed by atoms with Gasteiger partial charge in [0.25, 0.3) is 5.91 Å². The number of aromatic hydroxyl groups is 1. The van der Waals surface area contributed by atoms with Gasteiger partial charge in [-0.25, -0.2) is 0 Å². The lowest BCUT2D eigenvalue weighted by Gasteiger charge is -2.26. The van der Waals surface area contributed by atoms with Gasteiger partial charge in [0, 0.05) is 23.0 Å². The number of aromatic nitrogens is 1. The zero-order valence-corrected chi connectivity index (χ0v) is 23.1. The number of piperidine rings is 1. The molecule has 0 unspecified atom stereocenters. The number of aromatic amines is 1.